The molecule has 1 aliphatic heterocycles. The van der Waals surface area contributed by atoms with Crippen LogP contribution >= 0.6 is 0 Å². The zero-order chi connectivity index (χ0) is 16.2. The van der Waals surface area contributed by atoms with Gasteiger partial charge in [-0.25, -0.2) is 0 Å². The minimum Gasteiger partial charge on any atom is -0.472 e. The molecule has 1 aliphatic carbocycles. The van der Waals surface area contributed by atoms with Gasteiger partial charge < -0.3 is 18.8 Å². The Balaban J connectivity index is 1.49. The Morgan fingerprint density at radius 2 is 2.30 bits per heavy atom. The summed E-state index contributed by atoms with van der Waals surface area (Å²) in [4.78, 5) is 15.6. The lowest BCUT2D eigenvalue weighted by Crippen LogP contribution is -2.47. The van der Waals surface area contributed by atoms with Crippen molar-refractivity contribution < 1.29 is 18.7 Å². The Labute approximate surface area is 137 Å². The van der Waals surface area contributed by atoms with Crippen LogP contribution in [0.25, 0.3) is 0 Å². The fourth-order valence-electron chi connectivity index (χ4n) is 3.52. The highest BCUT2D eigenvalue weighted by Crippen LogP contribution is 2.35. The highest BCUT2D eigenvalue weighted by molar-refractivity contribution is 5.76. The van der Waals surface area contributed by atoms with E-state index >= 15 is 0 Å². The number of furan rings is 1. The van der Waals surface area contributed by atoms with E-state index < -0.39 is 0 Å². The highest BCUT2D eigenvalue weighted by atomic mass is 16.5. The molecule has 0 bridgehead atoms. The van der Waals surface area contributed by atoms with E-state index in [0.717, 1.165) is 32.5 Å². The number of hydrogen-bond donors (Lipinski definition) is 0. The molecule has 1 aromatic rings. The van der Waals surface area contributed by atoms with Crippen LogP contribution in [0.2, 0.25) is 0 Å². The summed E-state index contributed by atoms with van der Waals surface area (Å²) in [5.41, 5.74) is 1.21. The topological polar surface area (TPSA) is 55.2 Å². The van der Waals surface area contributed by atoms with Gasteiger partial charge >= 0.3 is 0 Å². The molecule has 0 aromatic carbocycles. The summed E-state index contributed by atoms with van der Waals surface area (Å²) in [7, 11) is 3.49. The van der Waals surface area contributed by atoms with Gasteiger partial charge in [0.05, 0.1) is 31.8 Å². The summed E-state index contributed by atoms with van der Waals surface area (Å²) in [6.07, 6.45) is 5.91. The van der Waals surface area contributed by atoms with Crippen LogP contribution < -0.4 is 0 Å². The number of hydrogen-bond acceptors (Lipinski definition) is 5. The maximum absolute atomic E-state index is 11.6. The molecular formula is C17H26N2O4. The van der Waals surface area contributed by atoms with Gasteiger partial charge in [-0.2, -0.15) is 0 Å². The van der Waals surface area contributed by atoms with Crippen molar-refractivity contribution in [3.05, 3.63) is 24.2 Å². The van der Waals surface area contributed by atoms with Gasteiger partial charge in [-0.05, 0) is 24.8 Å². The van der Waals surface area contributed by atoms with Gasteiger partial charge in [0.25, 0.3) is 0 Å². The lowest BCUT2D eigenvalue weighted by atomic mass is 10.1. The third kappa shape index (κ3) is 4.13. The molecule has 23 heavy (non-hydrogen) atoms. The lowest BCUT2D eigenvalue weighted by Gasteiger charge is -2.37. The first-order valence-electron chi connectivity index (χ1n) is 8.28. The second kappa shape index (κ2) is 7.47. The fraction of sp³-hybridized carbons (Fsp3) is 0.706. The van der Waals surface area contributed by atoms with E-state index in [9.17, 15) is 4.79 Å². The number of morpholine rings is 1. The molecule has 3 unspecified atom stereocenters. The molecular weight excluding hydrogens is 296 g/mol. The van der Waals surface area contributed by atoms with Gasteiger partial charge in [-0.3, -0.25) is 9.69 Å². The van der Waals surface area contributed by atoms with Crippen molar-refractivity contribution in [2.24, 2.45) is 5.92 Å². The number of rotatable bonds is 6. The Morgan fingerprint density at radius 1 is 1.43 bits per heavy atom. The van der Waals surface area contributed by atoms with Gasteiger partial charge in [-0.15, -0.1) is 0 Å². The van der Waals surface area contributed by atoms with Crippen LogP contribution in [0.5, 0.6) is 0 Å². The Bertz CT molecular complexity index is 503. The van der Waals surface area contributed by atoms with E-state index in [1.165, 1.54) is 5.56 Å². The molecule has 1 saturated carbocycles. The average molecular weight is 322 g/mol. The molecule has 2 fully saturated rings. The third-order valence-corrected chi connectivity index (χ3v) is 4.79. The highest BCUT2D eigenvalue weighted by Gasteiger charge is 2.41. The average Bonchev–Trinajstić information content (AvgIpc) is 3.16. The molecule has 1 aromatic heterocycles. The van der Waals surface area contributed by atoms with Crippen LogP contribution in [0.1, 0.15) is 18.4 Å². The Hall–Kier alpha value is -1.37. The first-order valence-corrected chi connectivity index (χ1v) is 8.28. The van der Waals surface area contributed by atoms with Gasteiger partial charge in [0.1, 0.15) is 6.61 Å². The molecule has 0 radical (unpaired) electrons. The molecule has 1 amide bonds. The molecule has 6 heteroatoms. The van der Waals surface area contributed by atoms with Crippen molar-refractivity contribution in [2.45, 2.75) is 31.5 Å². The van der Waals surface area contributed by atoms with E-state index in [1.54, 1.807) is 25.3 Å². The standard InChI is InChI=1S/C17H26N2O4/c1-18(2)17(20)12-22-11-14-7-15-16(8-14)23-6-4-19(15)9-13-3-5-21-10-13/h3,5,10,14-16H,4,6-9,11-12H2,1-2H3. The zero-order valence-electron chi connectivity index (χ0n) is 13.9. The molecule has 3 rings (SSSR count). The van der Waals surface area contributed by atoms with Crippen molar-refractivity contribution in [3.63, 3.8) is 0 Å². The first kappa shape index (κ1) is 16.5. The minimum absolute atomic E-state index is 0.0123. The monoisotopic (exact) mass is 322 g/mol. The van der Waals surface area contributed by atoms with Crippen LogP contribution in [0.15, 0.2) is 23.0 Å². The lowest BCUT2D eigenvalue weighted by molar-refractivity contribution is -0.134. The van der Waals surface area contributed by atoms with E-state index in [4.69, 9.17) is 13.9 Å². The Kier molecular flexibility index (Phi) is 5.35. The SMILES string of the molecule is CN(C)C(=O)COCC1CC2OCCN(Cc3ccoc3)C2C1. The van der Waals surface area contributed by atoms with E-state index in [1.807, 2.05) is 12.3 Å². The fourth-order valence-corrected chi connectivity index (χ4v) is 3.52. The summed E-state index contributed by atoms with van der Waals surface area (Å²) in [6.45, 7) is 3.45. The number of ether oxygens (including phenoxy) is 2. The second-order valence-electron chi connectivity index (χ2n) is 6.72. The summed E-state index contributed by atoms with van der Waals surface area (Å²) < 4.78 is 16.7. The van der Waals surface area contributed by atoms with Crippen LogP contribution in [0.3, 0.4) is 0 Å². The summed E-state index contributed by atoms with van der Waals surface area (Å²) >= 11 is 0. The molecule has 6 nitrogen and oxygen atoms in total. The van der Waals surface area contributed by atoms with Crippen molar-refractivity contribution in [1.82, 2.24) is 9.80 Å². The maximum Gasteiger partial charge on any atom is 0.248 e. The van der Waals surface area contributed by atoms with Gasteiger partial charge in [0.15, 0.2) is 0 Å². The zero-order valence-corrected chi connectivity index (χ0v) is 13.9. The summed E-state index contributed by atoms with van der Waals surface area (Å²) in [5.74, 6) is 0.475. The van der Waals surface area contributed by atoms with Crippen molar-refractivity contribution in [3.8, 4) is 0 Å². The first-order chi connectivity index (χ1) is 11.1. The van der Waals surface area contributed by atoms with Gasteiger partial charge in [0.2, 0.25) is 5.91 Å². The van der Waals surface area contributed by atoms with E-state index in [0.29, 0.717) is 18.6 Å². The number of carbonyl (C=O) groups excluding carboxylic acids is 1. The van der Waals surface area contributed by atoms with E-state index in [-0.39, 0.29) is 18.6 Å². The number of carbonyl (C=O) groups is 1. The predicted molar refractivity (Wildman–Crippen MR) is 84.9 cm³/mol. The largest absolute Gasteiger partial charge is 0.472 e. The van der Waals surface area contributed by atoms with Crippen LogP contribution in [0.4, 0.5) is 0 Å². The van der Waals surface area contributed by atoms with Crippen LogP contribution in [0, 0.1) is 5.92 Å². The Morgan fingerprint density at radius 3 is 3.04 bits per heavy atom. The molecule has 2 heterocycles. The number of nitrogens with zero attached hydrogens (tertiary/aromatic N) is 2. The molecule has 1 saturated heterocycles. The third-order valence-electron chi connectivity index (χ3n) is 4.79. The molecule has 3 atom stereocenters. The summed E-state index contributed by atoms with van der Waals surface area (Å²) in [5, 5.41) is 0. The molecule has 128 valence electrons. The predicted octanol–water partition coefficient (Wildman–Crippen LogP) is 1.36. The second-order valence-corrected chi connectivity index (χ2v) is 6.72. The molecule has 0 spiro atoms. The van der Waals surface area contributed by atoms with Crippen LogP contribution in [-0.4, -0.2) is 68.3 Å². The number of fused-ring (bicyclic) bond motifs is 1. The summed E-state index contributed by atoms with van der Waals surface area (Å²) in [6, 6.07) is 2.46. The number of likely N-dealkylation sites (N-methyl/N-ethyl adjacent to an activating group) is 1. The van der Waals surface area contributed by atoms with Crippen LogP contribution in [-0.2, 0) is 20.8 Å². The minimum atomic E-state index is 0.0123. The van der Waals surface area contributed by atoms with Gasteiger partial charge in [0, 0.05) is 38.8 Å². The van der Waals surface area contributed by atoms with Crippen molar-refractivity contribution in [2.75, 3.05) is 40.5 Å². The molecule has 0 N–H and O–H groups in total. The quantitative estimate of drug-likeness (QED) is 0.792. The normalized spacial score (nSPS) is 27.8. The smallest absolute Gasteiger partial charge is 0.248 e. The molecule has 2 aliphatic rings. The van der Waals surface area contributed by atoms with Crippen molar-refractivity contribution in [1.29, 1.82) is 0 Å². The van der Waals surface area contributed by atoms with Crippen molar-refractivity contribution >= 4 is 5.91 Å². The number of amides is 1. The van der Waals surface area contributed by atoms with E-state index in [2.05, 4.69) is 4.90 Å². The van der Waals surface area contributed by atoms with Gasteiger partial charge in [-0.1, -0.05) is 0 Å². The maximum atomic E-state index is 11.6.